The zero-order valence-corrected chi connectivity index (χ0v) is 23.1. The van der Waals surface area contributed by atoms with E-state index in [1.165, 1.54) is 6.07 Å². The summed E-state index contributed by atoms with van der Waals surface area (Å²) in [4.78, 5) is 27.8. The predicted octanol–water partition coefficient (Wildman–Crippen LogP) is 5.96. The average molecular weight is 531 g/mol. The Morgan fingerprint density at radius 2 is 1.87 bits per heavy atom. The fourth-order valence-corrected chi connectivity index (χ4v) is 5.04. The van der Waals surface area contributed by atoms with Crippen LogP contribution in [0, 0.1) is 11.6 Å². The molecule has 38 heavy (non-hydrogen) atoms. The van der Waals surface area contributed by atoms with Crippen LogP contribution in [0.25, 0.3) is 0 Å². The van der Waals surface area contributed by atoms with Gasteiger partial charge in [0.2, 0.25) is 5.95 Å². The van der Waals surface area contributed by atoms with Crippen LogP contribution in [0.4, 0.5) is 31.0 Å². The van der Waals surface area contributed by atoms with E-state index in [9.17, 15) is 9.18 Å². The highest BCUT2D eigenvalue weighted by molar-refractivity contribution is 6.06. The predicted molar refractivity (Wildman–Crippen MR) is 146 cm³/mol. The molecule has 208 valence electrons. The van der Waals surface area contributed by atoms with Crippen LogP contribution >= 0.6 is 0 Å². The van der Waals surface area contributed by atoms with Gasteiger partial charge < -0.3 is 10.1 Å². The standard InChI is InChI=1S/C28H40F2N6O2/c1-6-38-23-13-12-22(29)25(24(23)30)35-17-20-16-32-27(33-26(20)36(28(35)37)21-10-11-21)31-14-8-7-9-15-34(18(2)3)19(4)5/h12-13,16,18-19,21H,6-11,14-15,17H2,1-5H3,(H,31,32,33). The van der Waals surface area contributed by atoms with Gasteiger partial charge in [0.25, 0.3) is 0 Å². The summed E-state index contributed by atoms with van der Waals surface area (Å²) in [6.07, 6.45) is 6.48. The summed E-state index contributed by atoms with van der Waals surface area (Å²) in [5.41, 5.74) is 0.234. The van der Waals surface area contributed by atoms with Crippen molar-refractivity contribution in [2.75, 3.05) is 34.8 Å². The Kier molecular flexibility index (Phi) is 9.02. The van der Waals surface area contributed by atoms with Crippen molar-refractivity contribution < 1.29 is 18.3 Å². The van der Waals surface area contributed by atoms with Crippen LogP contribution in [-0.2, 0) is 6.54 Å². The number of unbranched alkanes of at least 4 members (excludes halogenated alkanes) is 2. The maximum Gasteiger partial charge on any atom is 0.330 e. The molecule has 0 bridgehead atoms. The minimum absolute atomic E-state index is 0.0245. The van der Waals surface area contributed by atoms with Gasteiger partial charge >= 0.3 is 6.03 Å². The molecule has 0 radical (unpaired) electrons. The number of hydrogen-bond donors (Lipinski definition) is 1. The lowest BCUT2D eigenvalue weighted by molar-refractivity contribution is 0.171. The van der Waals surface area contributed by atoms with Crippen LogP contribution in [-0.4, -0.2) is 58.7 Å². The van der Waals surface area contributed by atoms with Crippen molar-refractivity contribution in [3.63, 3.8) is 0 Å². The zero-order chi connectivity index (χ0) is 27.4. The average Bonchev–Trinajstić information content (AvgIpc) is 3.70. The number of nitrogens with one attached hydrogen (secondary N) is 1. The maximum absolute atomic E-state index is 15.2. The number of hydrogen-bond acceptors (Lipinski definition) is 6. The van der Waals surface area contributed by atoms with Crippen LogP contribution in [0.3, 0.4) is 0 Å². The van der Waals surface area contributed by atoms with E-state index in [2.05, 4.69) is 47.9 Å². The second-order valence-corrected chi connectivity index (χ2v) is 10.6. The fraction of sp³-hybridized carbons (Fsp3) is 0.607. The molecule has 8 nitrogen and oxygen atoms in total. The topological polar surface area (TPSA) is 73.8 Å². The quantitative estimate of drug-likeness (QED) is 0.322. The van der Waals surface area contributed by atoms with Crippen molar-refractivity contribution in [2.24, 2.45) is 0 Å². The van der Waals surface area contributed by atoms with Crippen molar-refractivity contribution in [1.82, 2.24) is 14.9 Å². The van der Waals surface area contributed by atoms with E-state index in [1.807, 2.05) is 0 Å². The molecular weight excluding hydrogens is 490 g/mol. The number of halogens is 2. The number of carbonyl (C=O) groups is 1. The third-order valence-corrected chi connectivity index (χ3v) is 7.05. The molecular formula is C28H40F2N6O2. The molecule has 1 aliphatic carbocycles. The van der Waals surface area contributed by atoms with Gasteiger partial charge in [0.1, 0.15) is 17.3 Å². The number of anilines is 3. The summed E-state index contributed by atoms with van der Waals surface area (Å²) in [6.45, 7) is 12.7. The van der Waals surface area contributed by atoms with Gasteiger partial charge in [-0.2, -0.15) is 4.98 Å². The lowest BCUT2D eigenvalue weighted by Crippen LogP contribution is -2.49. The number of ether oxygens (including phenoxy) is 1. The van der Waals surface area contributed by atoms with Crippen LogP contribution in [0.15, 0.2) is 18.3 Å². The van der Waals surface area contributed by atoms with Crippen molar-refractivity contribution in [2.45, 2.75) is 91.4 Å². The van der Waals surface area contributed by atoms with Gasteiger partial charge in [0.15, 0.2) is 11.6 Å². The van der Waals surface area contributed by atoms with Gasteiger partial charge in [-0.1, -0.05) is 6.42 Å². The number of carbonyl (C=O) groups excluding carboxylic acids is 1. The molecule has 1 N–H and O–H groups in total. The van der Waals surface area contributed by atoms with Crippen LogP contribution < -0.4 is 19.9 Å². The first-order chi connectivity index (χ1) is 18.2. The zero-order valence-electron chi connectivity index (χ0n) is 23.1. The Morgan fingerprint density at radius 1 is 1.13 bits per heavy atom. The minimum atomic E-state index is -0.886. The first kappa shape index (κ1) is 28.0. The number of urea groups is 1. The van der Waals surface area contributed by atoms with Crippen molar-refractivity contribution in [3.8, 4) is 5.75 Å². The molecule has 1 fully saturated rings. The summed E-state index contributed by atoms with van der Waals surface area (Å²) in [6, 6.07) is 2.90. The summed E-state index contributed by atoms with van der Waals surface area (Å²) in [5.74, 6) is -0.821. The largest absolute Gasteiger partial charge is 0.491 e. The molecule has 1 aromatic heterocycles. The highest BCUT2D eigenvalue weighted by Gasteiger charge is 2.43. The molecule has 0 saturated heterocycles. The Bertz CT molecular complexity index is 1120. The molecule has 0 unspecified atom stereocenters. The molecule has 1 aliphatic heterocycles. The van der Waals surface area contributed by atoms with E-state index < -0.39 is 23.4 Å². The normalized spacial score (nSPS) is 15.6. The highest BCUT2D eigenvalue weighted by atomic mass is 19.1. The summed E-state index contributed by atoms with van der Waals surface area (Å²) in [5, 5.41) is 3.28. The molecule has 1 saturated carbocycles. The van der Waals surface area contributed by atoms with Gasteiger partial charge in [-0.15, -0.1) is 0 Å². The van der Waals surface area contributed by atoms with Crippen molar-refractivity contribution in [1.29, 1.82) is 0 Å². The number of rotatable bonds is 13. The molecule has 2 amide bonds. The van der Waals surface area contributed by atoms with Gasteiger partial charge in [0, 0.05) is 36.4 Å². The molecule has 2 heterocycles. The Balaban J connectivity index is 1.44. The van der Waals surface area contributed by atoms with E-state index in [4.69, 9.17) is 4.74 Å². The summed E-state index contributed by atoms with van der Waals surface area (Å²) < 4.78 is 35.3. The molecule has 10 heteroatoms. The molecule has 0 spiro atoms. The number of nitrogens with zero attached hydrogens (tertiary/aromatic N) is 5. The summed E-state index contributed by atoms with van der Waals surface area (Å²) in [7, 11) is 0. The third-order valence-electron chi connectivity index (χ3n) is 7.05. The second-order valence-electron chi connectivity index (χ2n) is 10.6. The molecule has 1 aromatic carbocycles. The van der Waals surface area contributed by atoms with E-state index in [-0.39, 0.29) is 24.9 Å². The smallest absolute Gasteiger partial charge is 0.330 e. The fourth-order valence-electron chi connectivity index (χ4n) is 5.04. The van der Waals surface area contributed by atoms with Gasteiger partial charge in [-0.05, 0) is 79.0 Å². The molecule has 0 atom stereocenters. The Hall–Kier alpha value is -3.01. The van der Waals surface area contributed by atoms with Gasteiger partial charge in [0.05, 0.1) is 13.2 Å². The monoisotopic (exact) mass is 530 g/mol. The Labute approximate surface area is 224 Å². The SMILES string of the molecule is CCOc1ccc(F)c(N2Cc3cnc(NCCCCCN(C(C)C)C(C)C)nc3N(C3CC3)C2=O)c1F. The summed E-state index contributed by atoms with van der Waals surface area (Å²) >= 11 is 0. The van der Waals surface area contributed by atoms with Crippen LogP contribution in [0.1, 0.15) is 72.3 Å². The van der Waals surface area contributed by atoms with Crippen molar-refractivity contribution in [3.05, 3.63) is 35.5 Å². The van der Waals surface area contributed by atoms with E-state index >= 15 is 4.39 Å². The molecule has 2 aromatic rings. The highest BCUT2D eigenvalue weighted by Crippen LogP contribution is 2.41. The lowest BCUT2D eigenvalue weighted by Gasteiger charge is -2.36. The molecule has 4 rings (SSSR count). The van der Waals surface area contributed by atoms with Gasteiger partial charge in [-0.25, -0.2) is 18.6 Å². The van der Waals surface area contributed by atoms with Crippen molar-refractivity contribution >= 4 is 23.5 Å². The van der Waals surface area contributed by atoms with E-state index in [0.717, 1.165) is 56.2 Å². The maximum atomic E-state index is 15.2. The number of fused-ring (bicyclic) bond motifs is 1. The van der Waals surface area contributed by atoms with E-state index in [1.54, 1.807) is 18.0 Å². The van der Waals surface area contributed by atoms with E-state index in [0.29, 0.717) is 29.4 Å². The van der Waals surface area contributed by atoms with Crippen LogP contribution in [0.2, 0.25) is 0 Å². The van der Waals surface area contributed by atoms with Gasteiger partial charge in [-0.3, -0.25) is 14.7 Å². The lowest BCUT2D eigenvalue weighted by atomic mass is 10.1. The number of benzene rings is 1. The van der Waals surface area contributed by atoms with Crippen LogP contribution in [0.5, 0.6) is 5.75 Å². The minimum Gasteiger partial charge on any atom is -0.491 e. The number of amides is 2. The molecule has 2 aliphatic rings. The third kappa shape index (κ3) is 6.17. The first-order valence-electron chi connectivity index (χ1n) is 13.8. The Morgan fingerprint density at radius 3 is 2.53 bits per heavy atom. The number of aromatic nitrogens is 2. The second kappa shape index (κ2) is 12.2. The first-order valence-corrected chi connectivity index (χ1v) is 13.8.